The number of hydrogen-bond acceptors (Lipinski definition) is 6. The molecule has 1 unspecified atom stereocenters. The molecule has 1 aliphatic rings. The van der Waals surface area contributed by atoms with Crippen molar-refractivity contribution in [3.05, 3.63) is 10.6 Å². The van der Waals surface area contributed by atoms with Crippen LogP contribution in [0.25, 0.3) is 0 Å². The van der Waals surface area contributed by atoms with Crippen LogP contribution in [0.15, 0.2) is 0 Å². The summed E-state index contributed by atoms with van der Waals surface area (Å²) >= 11 is 1.26. The summed E-state index contributed by atoms with van der Waals surface area (Å²) in [5.74, 6) is -0.0203. The first kappa shape index (κ1) is 14.0. The first-order chi connectivity index (χ1) is 8.95. The van der Waals surface area contributed by atoms with Gasteiger partial charge in [0.2, 0.25) is 0 Å². The lowest BCUT2D eigenvalue weighted by Gasteiger charge is -2.23. The lowest BCUT2D eigenvalue weighted by Crippen LogP contribution is -2.30. The van der Waals surface area contributed by atoms with Crippen molar-refractivity contribution in [3.8, 4) is 0 Å². The average Bonchev–Trinajstić information content (AvgIpc) is 3.14. The van der Waals surface area contributed by atoms with Gasteiger partial charge in [0.15, 0.2) is 16.6 Å². The van der Waals surface area contributed by atoms with E-state index in [4.69, 9.17) is 0 Å². The molecule has 5 nitrogen and oxygen atoms in total. The number of ether oxygens (including phenoxy) is 1. The minimum absolute atomic E-state index is 0.129. The van der Waals surface area contributed by atoms with Crippen LogP contribution in [0.2, 0.25) is 0 Å². The van der Waals surface area contributed by atoms with Crippen LogP contribution in [0.5, 0.6) is 0 Å². The van der Waals surface area contributed by atoms with Crippen molar-refractivity contribution < 1.29 is 14.3 Å². The van der Waals surface area contributed by atoms with Crippen LogP contribution in [0.4, 0.5) is 5.13 Å². The topological polar surface area (TPSA) is 59.5 Å². The molecular weight excluding hydrogens is 264 g/mol. The van der Waals surface area contributed by atoms with Gasteiger partial charge in [0.25, 0.3) is 0 Å². The maximum absolute atomic E-state index is 11.6. The predicted octanol–water partition coefficient (Wildman–Crippen LogP) is 2.37. The minimum Gasteiger partial charge on any atom is -0.464 e. The fourth-order valence-electron chi connectivity index (χ4n) is 2.00. The van der Waals surface area contributed by atoms with Gasteiger partial charge in [0.1, 0.15) is 4.88 Å². The number of carbonyl (C=O) groups is 2. The van der Waals surface area contributed by atoms with Gasteiger partial charge in [-0.15, -0.1) is 0 Å². The van der Waals surface area contributed by atoms with E-state index < -0.39 is 5.97 Å². The predicted molar refractivity (Wildman–Crippen MR) is 74.0 cm³/mol. The first-order valence-corrected chi connectivity index (χ1v) is 7.10. The van der Waals surface area contributed by atoms with E-state index in [2.05, 4.69) is 16.6 Å². The van der Waals surface area contributed by atoms with Crippen LogP contribution in [0.3, 0.4) is 0 Å². The Morgan fingerprint density at radius 2 is 2.11 bits per heavy atom. The number of Topliss-reactive ketones (excluding diaryl/α,β-unsaturated/α-hetero) is 1. The van der Waals surface area contributed by atoms with E-state index in [1.54, 1.807) is 0 Å². The third kappa shape index (κ3) is 2.78. The Kier molecular flexibility index (Phi) is 3.89. The zero-order valence-electron chi connectivity index (χ0n) is 11.6. The smallest absolute Gasteiger partial charge is 0.358 e. The van der Waals surface area contributed by atoms with E-state index >= 15 is 0 Å². The van der Waals surface area contributed by atoms with Crippen LogP contribution in [0.1, 0.15) is 46.8 Å². The Bertz CT molecular complexity index is 508. The van der Waals surface area contributed by atoms with Gasteiger partial charge in [-0.3, -0.25) is 4.79 Å². The minimum atomic E-state index is -0.555. The molecule has 1 aromatic heterocycles. The third-order valence-electron chi connectivity index (χ3n) is 3.53. The van der Waals surface area contributed by atoms with Gasteiger partial charge < -0.3 is 9.64 Å². The fourth-order valence-corrected chi connectivity index (χ4v) is 3.00. The summed E-state index contributed by atoms with van der Waals surface area (Å²) in [7, 11) is 3.24. The highest BCUT2D eigenvalue weighted by atomic mass is 32.1. The Hall–Kier alpha value is -1.43. The van der Waals surface area contributed by atoms with Crippen LogP contribution < -0.4 is 4.90 Å². The van der Waals surface area contributed by atoms with Crippen LogP contribution in [0, 0.1) is 5.92 Å². The number of anilines is 1. The maximum atomic E-state index is 11.6. The fraction of sp³-hybridized carbons (Fsp3) is 0.615. The van der Waals surface area contributed by atoms with Gasteiger partial charge in [-0.25, -0.2) is 9.78 Å². The van der Waals surface area contributed by atoms with Crippen molar-refractivity contribution in [1.82, 2.24) is 4.98 Å². The molecule has 104 valence electrons. The van der Waals surface area contributed by atoms with Crippen molar-refractivity contribution in [2.24, 2.45) is 5.92 Å². The Balaban J connectivity index is 2.31. The van der Waals surface area contributed by atoms with Gasteiger partial charge >= 0.3 is 5.97 Å². The highest BCUT2D eigenvalue weighted by Crippen LogP contribution is 2.37. The van der Waals surface area contributed by atoms with Crippen LogP contribution in [-0.4, -0.2) is 36.9 Å². The monoisotopic (exact) mass is 282 g/mol. The van der Waals surface area contributed by atoms with Gasteiger partial charge in [-0.1, -0.05) is 11.3 Å². The number of nitrogens with zero attached hydrogens (tertiary/aromatic N) is 2. The molecule has 1 heterocycles. The Morgan fingerprint density at radius 1 is 1.47 bits per heavy atom. The summed E-state index contributed by atoms with van der Waals surface area (Å²) in [6, 6.07) is 0.372. The lowest BCUT2D eigenvalue weighted by molar-refractivity contribution is 0.0591. The molecule has 1 atom stereocenters. The molecule has 0 saturated heterocycles. The summed E-state index contributed by atoms with van der Waals surface area (Å²) in [6.45, 7) is 3.58. The number of carbonyl (C=O) groups excluding carboxylic acids is 2. The first-order valence-electron chi connectivity index (χ1n) is 6.28. The molecule has 1 fully saturated rings. The van der Waals surface area contributed by atoms with Crippen molar-refractivity contribution in [2.45, 2.75) is 32.7 Å². The lowest BCUT2D eigenvalue weighted by atomic mass is 10.2. The number of thiazole rings is 1. The van der Waals surface area contributed by atoms with E-state index in [9.17, 15) is 9.59 Å². The number of hydrogen-bond donors (Lipinski definition) is 0. The van der Waals surface area contributed by atoms with E-state index in [0.29, 0.717) is 22.0 Å². The molecule has 1 aromatic rings. The van der Waals surface area contributed by atoms with Gasteiger partial charge in [0, 0.05) is 20.0 Å². The molecule has 19 heavy (non-hydrogen) atoms. The van der Waals surface area contributed by atoms with Crippen LogP contribution in [-0.2, 0) is 4.74 Å². The van der Waals surface area contributed by atoms with E-state index in [1.165, 1.54) is 38.2 Å². The highest BCUT2D eigenvalue weighted by molar-refractivity contribution is 7.17. The Labute approximate surface area is 116 Å². The van der Waals surface area contributed by atoms with Crippen molar-refractivity contribution in [3.63, 3.8) is 0 Å². The molecule has 1 aliphatic carbocycles. The molecule has 1 saturated carbocycles. The molecule has 0 bridgehead atoms. The van der Waals surface area contributed by atoms with E-state index in [1.807, 2.05) is 11.9 Å². The summed E-state index contributed by atoms with van der Waals surface area (Å²) in [6.07, 6.45) is 2.47. The number of rotatable bonds is 5. The van der Waals surface area contributed by atoms with Gasteiger partial charge in [-0.2, -0.15) is 0 Å². The van der Waals surface area contributed by atoms with Crippen molar-refractivity contribution in [1.29, 1.82) is 0 Å². The second-order valence-corrected chi connectivity index (χ2v) is 5.89. The third-order valence-corrected chi connectivity index (χ3v) is 4.78. The zero-order chi connectivity index (χ0) is 14.2. The number of aromatic nitrogens is 1. The summed E-state index contributed by atoms with van der Waals surface area (Å²) in [5.41, 5.74) is 0.129. The second kappa shape index (κ2) is 5.28. The molecule has 0 N–H and O–H groups in total. The molecule has 0 amide bonds. The summed E-state index contributed by atoms with van der Waals surface area (Å²) in [5, 5.41) is 0.699. The zero-order valence-corrected chi connectivity index (χ0v) is 12.4. The van der Waals surface area contributed by atoms with Crippen molar-refractivity contribution >= 4 is 28.2 Å². The maximum Gasteiger partial charge on any atom is 0.358 e. The number of esters is 1. The van der Waals surface area contributed by atoms with Crippen LogP contribution >= 0.6 is 11.3 Å². The highest BCUT2D eigenvalue weighted by Gasteiger charge is 2.33. The molecule has 0 spiro atoms. The normalized spacial score (nSPS) is 16.0. The SMILES string of the molecule is COC(=O)c1nc(N(C)C(C)C2CC2)sc1C(C)=O. The van der Waals surface area contributed by atoms with Crippen molar-refractivity contribution in [2.75, 3.05) is 19.1 Å². The molecule has 2 rings (SSSR count). The number of methoxy groups -OCH3 is 1. The average molecular weight is 282 g/mol. The molecule has 0 radical (unpaired) electrons. The standard InChI is InChI=1S/C13H18N2O3S/c1-7(9-5-6-9)15(3)13-14-10(12(17)18-4)11(19-13)8(2)16/h7,9H,5-6H2,1-4H3. The van der Waals surface area contributed by atoms with E-state index in [0.717, 1.165) is 0 Å². The van der Waals surface area contributed by atoms with E-state index in [-0.39, 0.29) is 11.5 Å². The Morgan fingerprint density at radius 3 is 2.58 bits per heavy atom. The molecule has 0 aliphatic heterocycles. The van der Waals surface area contributed by atoms with Gasteiger partial charge in [0.05, 0.1) is 7.11 Å². The summed E-state index contributed by atoms with van der Waals surface area (Å²) < 4.78 is 4.67. The second-order valence-electron chi connectivity index (χ2n) is 4.91. The molecule has 6 heteroatoms. The molecular formula is C13H18N2O3S. The quantitative estimate of drug-likeness (QED) is 0.613. The number of ketones is 1. The molecule has 0 aromatic carbocycles. The largest absolute Gasteiger partial charge is 0.464 e. The van der Waals surface area contributed by atoms with Gasteiger partial charge in [-0.05, 0) is 25.7 Å². The summed E-state index contributed by atoms with van der Waals surface area (Å²) in [4.78, 5) is 29.9.